The van der Waals surface area contributed by atoms with Crippen LogP contribution >= 0.6 is 11.3 Å². The van der Waals surface area contributed by atoms with Gasteiger partial charge in [0.05, 0.1) is 17.8 Å². The average molecular weight is 320 g/mol. The third kappa shape index (κ3) is 3.08. The molecule has 22 heavy (non-hydrogen) atoms. The van der Waals surface area contributed by atoms with Crippen LogP contribution in [0, 0.1) is 13.8 Å². The third-order valence-corrected chi connectivity index (χ3v) is 5.01. The van der Waals surface area contributed by atoms with Crippen LogP contribution in [0.3, 0.4) is 0 Å². The molecule has 1 amide bonds. The van der Waals surface area contributed by atoms with Crippen molar-refractivity contribution in [2.75, 3.05) is 6.61 Å². The summed E-state index contributed by atoms with van der Waals surface area (Å²) in [6.07, 6.45) is 2.18. The van der Waals surface area contributed by atoms with E-state index in [2.05, 4.69) is 10.3 Å². The summed E-state index contributed by atoms with van der Waals surface area (Å²) in [6, 6.07) is 3.78. The molecule has 0 radical (unpaired) electrons. The Bertz CT molecular complexity index is 671. The minimum atomic E-state index is -0.0903. The maximum atomic E-state index is 12.5. The number of ether oxygens (including phenoxy) is 1. The normalized spacial score (nSPS) is 19.3. The number of furan rings is 1. The molecule has 1 aliphatic heterocycles. The van der Waals surface area contributed by atoms with Crippen molar-refractivity contribution < 1.29 is 13.9 Å². The van der Waals surface area contributed by atoms with E-state index >= 15 is 0 Å². The van der Waals surface area contributed by atoms with E-state index in [1.807, 2.05) is 32.9 Å². The molecule has 6 heteroatoms. The predicted molar refractivity (Wildman–Crippen MR) is 85.2 cm³/mol. The molecule has 0 bridgehead atoms. The molecule has 0 spiro atoms. The first-order chi connectivity index (χ1) is 10.5. The second kappa shape index (κ2) is 6.22. The van der Waals surface area contributed by atoms with Crippen LogP contribution in [0.25, 0.3) is 10.8 Å². The summed E-state index contributed by atoms with van der Waals surface area (Å²) in [7, 11) is 0. The highest BCUT2D eigenvalue weighted by Gasteiger charge is 2.25. The zero-order valence-electron chi connectivity index (χ0n) is 13.0. The Hall–Kier alpha value is -1.66. The van der Waals surface area contributed by atoms with Crippen molar-refractivity contribution in [2.24, 2.45) is 0 Å². The molecule has 0 aromatic carbocycles. The maximum Gasteiger partial charge on any atom is 0.263 e. The van der Waals surface area contributed by atoms with E-state index in [9.17, 15) is 4.79 Å². The molecule has 2 atom stereocenters. The first kappa shape index (κ1) is 15.2. The molecular weight excluding hydrogens is 300 g/mol. The van der Waals surface area contributed by atoms with Crippen LogP contribution in [0.1, 0.15) is 40.9 Å². The predicted octanol–water partition coefficient (Wildman–Crippen LogP) is 3.32. The third-order valence-electron chi connectivity index (χ3n) is 3.84. The SMILES string of the molecule is Cc1ccc(-c2nc(C)c(C(=O)N[C@@H](C)[C@@H]3CCCO3)s2)o1. The molecular formula is C16H20N2O3S. The molecule has 0 unspecified atom stereocenters. The summed E-state index contributed by atoms with van der Waals surface area (Å²) in [5.41, 5.74) is 0.728. The zero-order chi connectivity index (χ0) is 15.7. The van der Waals surface area contributed by atoms with Gasteiger partial charge in [-0.05, 0) is 45.7 Å². The van der Waals surface area contributed by atoms with Crippen molar-refractivity contribution >= 4 is 17.2 Å². The fourth-order valence-corrected chi connectivity index (χ4v) is 3.56. The van der Waals surface area contributed by atoms with Crippen molar-refractivity contribution in [3.8, 4) is 10.8 Å². The summed E-state index contributed by atoms with van der Waals surface area (Å²) in [5.74, 6) is 1.45. The number of hydrogen-bond acceptors (Lipinski definition) is 5. The van der Waals surface area contributed by atoms with Crippen molar-refractivity contribution in [2.45, 2.75) is 45.8 Å². The average Bonchev–Trinajstić information content (AvgIpc) is 3.18. The van der Waals surface area contributed by atoms with Crippen molar-refractivity contribution in [1.29, 1.82) is 0 Å². The van der Waals surface area contributed by atoms with Gasteiger partial charge >= 0.3 is 0 Å². The number of nitrogens with one attached hydrogen (secondary N) is 1. The summed E-state index contributed by atoms with van der Waals surface area (Å²) < 4.78 is 11.2. The van der Waals surface area contributed by atoms with Gasteiger partial charge in [-0.1, -0.05) is 0 Å². The molecule has 1 saturated heterocycles. The molecule has 0 aliphatic carbocycles. The van der Waals surface area contributed by atoms with Gasteiger partial charge in [0.2, 0.25) is 0 Å². The van der Waals surface area contributed by atoms with Gasteiger partial charge in [-0.15, -0.1) is 11.3 Å². The number of aromatic nitrogens is 1. The van der Waals surface area contributed by atoms with E-state index in [4.69, 9.17) is 9.15 Å². The van der Waals surface area contributed by atoms with Crippen LogP contribution in [0.4, 0.5) is 0 Å². The standard InChI is InChI=1S/C16H20N2O3S/c1-9-6-7-13(21-9)16-18-11(3)14(22-16)15(19)17-10(2)12-5-4-8-20-12/h6-7,10,12H,4-5,8H2,1-3H3,(H,17,19)/t10-,12-/m0/s1. The second-order valence-corrected chi connectivity index (χ2v) is 6.66. The number of hydrogen-bond donors (Lipinski definition) is 1. The van der Waals surface area contributed by atoms with Crippen molar-refractivity contribution in [3.05, 3.63) is 28.5 Å². The minimum absolute atomic E-state index is 0.00538. The smallest absolute Gasteiger partial charge is 0.263 e. The molecule has 2 aromatic rings. The largest absolute Gasteiger partial charge is 0.459 e. The van der Waals surface area contributed by atoms with Crippen molar-refractivity contribution in [3.63, 3.8) is 0 Å². The number of aryl methyl sites for hydroxylation is 2. The van der Waals surface area contributed by atoms with Crippen LogP contribution in [0.2, 0.25) is 0 Å². The lowest BCUT2D eigenvalue weighted by atomic mass is 10.1. The fourth-order valence-electron chi connectivity index (χ4n) is 2.62. The zero-order valence-corrected chi connectivity index (χ0v) is 13.8. The fraction of sp³-hybridized carbons (Fsp3) is 0.500. The van der Waals surface area contributed by atoms with E-state index in [0.29, 0.717) is 10.6 Å². The van der Waals surface area contributed by atoms with Crippen LogP contribution < -0.4 is 5.32 Å². The monoisotopic (exact) mass is 320 g/mol. The van der Waals surface area contributed by atoms with Crippen molar-refractivity contribution in [1.82, 2.24) is 10.3 Å². The molecule has 1 N–H and O–H groups in total. The lowest BCUT2D eigenvalue weighted by Crippen LogP contribution is -2.40. The van der Waals surface area contributed by atoms with Gasteiger partial charge < -0.3 is 14.5 Å². The molecule has 2 aromatic heterocycles. The van der Waals surface area contributed by atoms with Crippen LogP contribution in [-0.2, 0) is 4.74 Å². The van der Waals surface area contributed by atoms with Gasteiger partial charge in [-0.3, -0.25) is 4.79 Å². The van der Waals surface area contributed by atoms with E-state index in [1.165, 1.54) is 11.3 Å². The summed E-state index contributed by atoms with van der Waals surface area (Å²) >= 11 is 1.36. The molecule has 5 nitrogen and oxygen atoms in total. The molecule has 1 fully saturated rings. The van der Waals surface area contributed by atoms with Crippen LogP contribution in [0.5, 0.6) is 0 Å². The number of carbonyl (C=O) groups excluding carboxylic acids is 1. The Morgan fingerprint density at radius 1 is 1.45 bits per heavy atom. The highest BCUT2D eigenvalue weighted by Crippen LogP contribution is 2.29. The molecule has 3 rings (SSSR count). The van der Waals surface area contributed by atoms with Gasteiger partial charge in [0.25, 0.3) is 5.91 Å². The van der Waals surface area contributed by atoms with E-state index < -0.39 is 0 Å². The van der Waals surface area contributed by atoms with Crippen LogP contribution in [-0.4, -0.2) is 29.6 Å². The highest BCUT2D eigenvalue weighted by atomic mass is 32.1. The lowest BCUT2D eigenvalue weighted by Gasteiger charge is -2.19. The molecule has 3 heterocycles. The summed E-state index contributed by atoms with van der Waals surface area (Å²) in [4.78, 5) is 17.5. The minimum Gasteiger partial charge on any atom is -0.459 e. The topological polar surface area (TPSA) is 64.4 Å². The lowest BCUT2D eigenvalue weighted by molar-refractivity contribution is 0.0714. The van der Waals surface area contributed by atoms with E-state index in [1.54, 1.807) is 0 Å². The Morgan fingerprint density at radius 3 is 2.91 bits per heavy atom. The second-order valence-electron chi connectivity index (χ2n) is 5.66. The number of carbonyl (C=O) groups is 1. The van der Waals surface area contributed by atoms with E-state index in [-0.39, 0.29) is 18.1 Å². The molecule has 118 valence electrons. The molecule has 1 aliphatic rings. The van der Waals surface area contributed by atoms with Gasteiger partial charge in [0.1, 0.15) is 10.6 Å². The van der Waals surface area contributed by atoms with Gasteiger partial charge in [0, 0.05) is 6.61 Å². The number of rotatable bonds is 4. The Balaban J connectivity index is 1.73. The van der Waals surface area contributed by atoms with Gasteiger partial charge in [0.15, 0.2) is 10.8 Å². The van der Waals surface area contributed by atoms with Gasteiger partial charge in [-0.25, -0.2) is 4.98 Å². The highest BCUT2D eigenvalue weighted by molar-refractivity contribution is 7.17. The number of nitrogens with zero attached hydrogens (tertiary/aromatic N) is 1. The Kier molecular flexibility index (Phi) is 4.31. The van der Waals surface area contributed by atoms with Gasteiger partial charge in [-0.2, -0.15) is 0 Å². The maximum absolute atomic E-state index is 12.5. The Morgan fingerprint density at radius 2 is 2.27 bits per heavy atom. The van der Waals surface area contributed by atoms with E-state index in [0.717, 1.165) is 35.9 Å². The quantitative estimate of drug-likeness (QED) is 0.938. The number of amides is 1. The first-order valence-corrected chi connectivity index (χ1v) is 8.33. The summed E-state index contributed by atoms with van der Waals surface area (Å²) in [6.45, 7) is 6.51. The first-order valence-electron chi connectivity index (χ1n) is 7.51. The van der Waals surface area contributed by atoms with Crippen LogP contribution in [0.15, 0.2) is 16.5 Å². The summed E-state index contributed by atoms with van der Waals surface area (Å²) in [5, 5.41) is 3.76. The molecule has 0 saturated carbocycles. The number of thiazole rings is 1. The Labute approximate surface area is 133 Å².